The van der Waals surface area contributed by atoms with Crippen molar-refractivity contribution < 1.29 is 0 Å². The molecule has 0 heterocycles. The third-order valence-corrected chi connectivity index (χ3v) is 5.53. The molecule has 0 saturated heterocycles. The summed E-state index contributed by atoms with van der Waals surface area (Å²) >= 11 is 7.29. The highest BCUT2D eigenvalue weighted by molar-refractivity contribution is 9.10. The number of rotatable bonds is 2. The summed E-state index contributed by atoms with van der Waals surface area (Å²) < 4.78 is 2.30. The van der Waals surface area contributed by atoms with Crippen LogP contribution in [0.1, 0.15) is 23.6 Å². The molecule has 23 heavy (non-hydrogen) atoms. The summed E-state index contributed by atoms with van der Waals surface area (Å²) in [5.41, 5.74) is 9.55. The first-order valence-corrected chi connectivity index (χ1v) is 9.45. The zero-order valence-electron chi connectivity index (χ0n) is 12.9. The highest BCUT2D eigenvalue weighted by Crippen LogP contribution is 2.45. The number of hydrogen-bond acceptors (Lipinski definition) is 0. The third-order valence-electron chi connectivity index (χ3n) is 4.58. The average Bonchev–Trinajstić information content (AvgIpc) is 2.91. The molecule has 0 amide bonds. The van der Waals surface area contributed by atoms with Gasteiger partial charge >= 0.3 is 0 Å². The number of hydrogen-bond donors (Lipinski definition) is 0. The molecule has 0 radical (unpaired) electrons. The summed E-state index contributed by atoms with van der Waals surface area (Å²) in [4.78, 5) is 0. The topological polar surface area (TPSA) is 0 Å². The van der Waals surface area contributed by atoms with E-state index in [2.05, 4.69) is 93.4 Å². The van der Waals surface area contributed by atoms with Crippen LogP contribution in [0.25, 0.3) is 22.3 Å². The quantitative estimate of drug-likeness (QED) is 0.322. The van der Waals surface area contributed by atoms with Crippen LogP contribution in [0.4, 0.5) is 0 Å². The number of fused-ring (bicyclic) bond motifs is 3. The van der Waals surface area contributed by atoms with Gasteiger partial charge in [0.25, 0.3) is 0 Å². The van der Waals surface area contributed by atoms with E-state index in [0.29, 0.717) is 0 Å². The van der Waals surface area contributed by atoms with E-state index in [9.17, 15) is 0 Å². The largest absolute Gasteiger partial charge is 0.0613 e. The van der Waals surface area contributed by atoms with Crippen molar-refractivity contribution in [3.05, 3.63) is 80.2 Å². The Morgan fingerprint density at radius 3 is 2.26 bits per heavy atom. The van der Waals surface area contributed by atoms with Crippen molar-refractivity contribution >= 4 is 31.9 Å². The minimum absolute atomic E-state index is 1.00. The van der Waals surface area contributed by atoms with Gasteiger partial charge in [-0.15, -0.1) is 0 Å². The molecule has 3 aromatic rings. The fraction of sp³-hybridized carbons (Fsp3) is 0.143. The van der Waals surface area contributed by atoms with Crippen LogP contribution >= 0.6 is 31.9 Å². The van der Waals surface area contributed by atoms with Crippen LogP contribution in [0.3, 0.4) is 0 Å². The van der Waals surface area contributed by atoms with Crippen molar-refractivity contribution in [2.45, 2.75) is 19.8 Å². The summed E-state index contributed by atoms with van der Waals surface area (Å²) in [6.45, 7) is 2.19. The zero-order chi connectivity index (χ0) is 16.0. The van der Waals surface area contributed by atoms with E-state index in [1.165, 1.54) is 38.9 Å². The monoisotopic (exact) mass is 426 g/mol. The van der Waals surface area contributed by atoms with Gasteiger partial charge in [0, 0.05) is 8.95 Å². The molecular formula is C21H16Br2. The molecule has 0 atom stereocenters. The molecule has 0 aromatic heterocycles. The van der Waals surface area contributed by atoms with E-state index >= 15 is 0 Å². The van der Waals surface area contributed by atoms with E-state index in [1.807, 2.05) is 0 Å². The van der Waals surface area contributed by atoms with Crippen LogP contribution in [0.2, 0.25) is 0 Å². The van der Waals surface area contributed by atoms with Crippen molar-refractivity contribution in [2.75, 3.05) is 0 Å². The molecule has 0 fully saturated rings. The second kappa shape index (κ2) is 5.92. The van der Waals surface area contributed by atoms with Gasteiger partial charge < -0.3 is 0 Å². The van der Waals surface area contributed by atoms with Gasteiger partial charge in [0.2, 0.25) is 0 Å². The van der Waals surface area contributed by atoms with Gasteiger partial charge in [0.15, 0.2) is 0 Å². The van der Waals surface area contributed by atoms with Crippen molar-refractivity contribution in [2.24, 2.45) is 0 Å². The first-order valence-electron chi connectivity index (χ1n) is 7.86. The van der Waals surface area contributed by atoms with Gasteiger partial charge in [-0.3, -0.25) is 0 Å². The number of aryl methyl sites for hydroxylation is 1. The van der Waals surface area contributed by atoms with E-state index in [0.717, 1.165) is 21.8 Å². The second-order valence-corrected chi connectivity index (χ2v) is 7.85. The first-order chi connectivity index (χ1) is 11.2. The highest BCUT2D eigenvalue weighted by atomic mass is 79.9. The number of halogens is 2. The molecule has 4 rings (SSSR count). The molecule has 0 bridgehead atoms. The van der Waals surface area contributed by atoms with E-state index < -0.39 is 0 Å². The Morgan fingerprint density at radius 2 is 1.52 bits per heavy atom. The highest BCUT2D eigenvalue weighted by Gasteiger charge is 2.23. The standard InChI is InChI=1S/C21H16Br2/c1-2-13-3-5-14(6-4-13)20-12-18(23)11-16-9-15-10-17(22)7-8-19(15)21(16)20/h3-8,10-12H,2,9H2,1H3. The molecule has 0 N–H and O–H groups in total. The molecular weight excluding hydrogens is 412 g/mol. The van der Waals surface area contributed by atoms with Crippen molar-refractivity contribution in [3.63, 3.8) is 0 Å². The van der Waals surface area contributed by atoms with E-state index in [1.54, 1.807) is 0 Å². The normalized spacial score (nSPS) is 12.1. The molecule has 0 aliphatic heterocycles. The van der Waals surface area contributed by atoms with Crippen LogP contribution in [0.5, 0.6) is 0 Å². The molecule has 1 aliphatic rings. The fourth-order valence-corrected chi connectivity index (χ4v) is 4.34. The SMILES string of the molecule is CCc1ccc(-c2cc(Br)cc3c2-c2ccc(Br)cc2C3)cc1. The van der Waals surface area contributed by atoms with Crippen LogP contribution in [-0.2, 0) is 12.8 Å². The van der Waals surface area contributed by atoms with Gasteiger partial charge in [0.1, 0.15) is 0 Å². The Morgan fingerprint density at radius 1 is 0.783 bits per heavy atom. The summed E-state index contributed by atoms with van der Waals surface area (Å²) in [5, 5.41) is 0. The second-order valence-electron chi connectivity index (χ2n) is 6.02. The lowest BCUT2D eigenvalue weighted by Crippen LogP contribution is -1.88. The summed E-state index contributed by atoms with van der Waals surface area (Å²) in [5.74, 6) is 0. The maximum Gasteiger partial charge on any atom is 0.0184 e. The van der Waals surface area contributed by atoms with Gasteiger partial charge in [0.05, 0.1) is 0 Å². The first kappa shape index (κ1) is 15.2. The Labute approximate surface area is 153 Å². The third kappa shape index (κ3) is 2.68. The van der Waals surface area contributed by atoms with Crippen LogP contribution in [-0.4, -0.2) is 0 Å². The molecule has 0 unspecified atom stereocenters. The maximum atomic E-state index is 3.69. The predicted octanol–water partition coefficient (Wildman–Crippen LogP) is 7.01. The lowest BCUT2D eigenvalue weighted by atomic mass is 9.93. The molecule has 0 nitrogen and oxygen atoms in total. The van der Waals surface area contributed by atoms with Crippen molar-refractivity contribution in [1.29, 1.82) is 0 Å². The smallest absolute Gasteiger partial charge is 0.0184 e. The average molecular weight is 428 g/mol. The van der Waals surface area contributed by atoms with Gasteiger partial charge in [-0.25, -0.2) is 0 Å². The van der Waals surface area contributed by atoms with Gasteiger partial charge in [-0.1, -0.05) is 69.1 Å². The lowest BCUT2D eigenvalue weighted by Gasteiger charge is -2.12. The number of benzene rings is 3. The summed E-state index contributed by atoms with van der Waals surface area (Å²) in [6.07, 6.45) is 2.08. The van der Waals surface area contributed by atoms with Crippen LogP contribution in [0, 0.1) is 0 Å². The Hall–Kier alpha value is -1.38. The summed E-state index contributed by atoms with van der Waals surface area (Å²) in [6, 6.07) is 20.1. The zero-order valence-corrected chi connectivity index (χ0v) is 16.0. The maximum absolute atomic E-state index is 3.69. The minimum atomic E-state index is 1.00. The Balaban J connectivity index is 1.93. The van der Waals surface area contributed by atoms with Gasteiger partial charge in [-0.05, 0) is 76.1 Å². The molecule has 0 spiro atoms. The summed E-state index contributed by atoms with van der Waals surface area (Å²) in [7, 11) is 0. The van der Waals surface area contributed by atoms with Crippen LogP contribution < -0.4 is 0 Å². The predicted molar refractivity (Wildman–Crippen MR) is 105 cm³/mol. The molecule has 0 saturated carbocycles. The Kier molecular flexibility index (Phi) is 3.90. The molecule has 2 heteroatoms. The van der Waals surface area contributed by atoms with Crippen molar-refractivity contribution in [3.8, 4) is 22.3 Å². The lowest BCUT2D eigenvalue weighted by molar-refractivity contribution is 1.14. The van der Waals surface area contributed by atoms with E-state index in [4.69, 9.17) is 0 Å². The van der Waals surface area contributed by atoms with Gasteiger partial charge in [-0.2, -0.15) is 0 Å². The molecule has 3 aromatic carbocycles. The van der Waals surface area contributed by atoms with Crippen molar-refractivity contribution in [1.82, 2.24) is 0 Å². The molecule has 114 valence electrons. The fourth-order valence-electron chi connectivity index (χ4n) is 3.43. The van der Waals surface area contributed by atoms with E-state index in [-0.39, 0.29) is 0 Å². The molecule has 1 aliphatic carbocycles. The van der Waals surface area contributed by atoms with Crippen LogP contribution in [0.15, 0.2) is 63.5 Å². The minimum Gasteiger partial charge on any atom is -0.0613 e. The Bertz CT molecular complexity index is 892.